The number of nitrogen functional groups attached to an aromatic ring is 1. The van der Waals surface area contributed by atoms with Crippen molar-refractivity contribution >= 4 is 34.5 Å². The quantitative estimate of drug-likeness (QED) is 0.445. The molecule has 0 saturated carbocycles. The summed E-state index contributed by atoms with van der Waals surface area (Å²) in [5, 5.41) is 8.99. The van der Waals surface area contributed by atoms with Gasteiger partial charge in [0.25, 0.3) is 0 Å². The summed E-state index contributed by atoms with van der Waals surface area (Å²) in [5.74, 6) is -0.185. The van der Waals surface area contributed by atoms with Gasteiger partial charge in [-0.1, -0.05) is 11.6 Å². The number of aliphatic hydroxyl groups is 1. The van der Waals surface area contributed by atoms with Crippen molar-refractivity contribution in [3.8, 4) is 11.3 Å². The Morgan fingerprint density at radius 1 is 1.23 bits per heavy atom. The number of hydrogen-bond acceptors (Lipinski definition) is 8. The first-order chi connectivity index (χ1) is 18.4. The van der Waals surface area contributed by atoms with Gasteiger partial charge in [-0.2, -0.15) is 13.2 Å². The van der Waals surface area contributed by atoms with Gasteiger partial charge in [-0.05, 0) is 38.8 Å². The van der Waals surface area contributed by atoms with E-state index < -0.39 is 23.5 Å². The number of imidazole rings is 1. The maximum atomic E-state index is 15.1. The van der Waals surface area contributed by atoms with Crippen molar-refractivity contribution in [3.05, 3.63) is 29.2 Å². The Kier molecular flexibility index (Phi) is 7.38. The molecule has 3 fully saturated rings. The van der Waals surface area contributed by atoms with Gasteiger partial charge in [0.05, 0.1) is 47.2 Å². The van der Waals surface area contributed by atoms with Gasteiger partial charge in [0.15, 0.2) is 11.9 Å². The molecule has 3 N–H and O–H groups in total. The molecule has 39 heavy (non-hydrogen) atoms. The predicted octanol–water partition coefficient (Wildman–Crippen LogP) is 4.37. The van der Waals surface area contributed by atoms with Crippen LogP contribution in [0.2, 0.25) is 5.02 Å². The Labute approximate surface area is 226 Å². The number of alkyl halides is 3. The van der Waals surface area contributed by atoms with Crippen molar-refractivity contribution < 1.29 is 32.1 Å². The number of ether oxygens (including phenoxy) is 2. The number of rotatable bonds is 3. The van der Waals surface area contributed by atoms with E-state index in [1.807, 2.05) is 13.8 Å². The molecule has 1 spiro atoms. The second kappa shape index (κ2) is 10.3. The molecule has 212 valence electrons. The smallest absolute Gasteiger partial charge is 0.391 e. The summed E-state index contributed by atoms with van der Waals surface area (Å²) in [6.45, 7) is 5.47. The van der Waals surface area contributed by atoms with Gasteiger partial charge in [0, 0.05) is 31.3 Å². The number of anilines is 2. The molecule has 3 saturated heterocycles. The standard InChI is InChI=1S/C20H19ClF4N6O.C5H10O2/c1-9(2)31-13-4-10(14-11(21)5-27-17(26)28-14)3-12(22)15(13)29-18(31)30-6-19(7-30)8-32-16(19)20(23,24)25;6-5-2-1-3-7-4-5/h3-5,9,16H,6-8H2,1-2H3,(H2,26,27,28);5-6H,1-4H2. The lowest BCUT2D eigenvalue weighted by Gasteiger charge is -2.59. The van der Waals surface area contributed by atoms with Crippen LogP contribution < -0.4 is 10.6 Å². The van der Waals surface area contributed by atoms with Crippen molar-refractivity contribution in [2.24, 2.45) is 5.41 Å². The average Bonchev–Trinajstić information content (AvgIpc) is 3.19. The second-order valence-electron chi connectivity index (χ2n) is 10.4. The van der Waals surface area contributed by atoms with Gasteiger partial charge in [-0.15, -0.1) is 0 Å². The number of benzene rings is 1. The second-order valence-corrected chi connectivity index (χ2v) is 10.9. The summed E-state index contributed by atoms with van der Waals surface area (Å²) in [6, 6.07) is 2.82. The number of hydrogen-bond donors (Lipinski definition) is 2. The molecule has 2 atom stereocenters. The zero-order chi connectivity index (χ0) is 28.1. The fraction of sp³-hybridized carbons (Fsp3) is 0.560. The lowest BCUT2D eigenvalue weighted by atomic mass is 9.71. The molecule has 0 aliphatic carbocycles. The molecule has 3 aliphatic rings. The maximum absolute atomic E-state index is 15.1. The molecule has 0 amide bonds. The van der Waals surface area contributed by atoms with E-state index in [1.165, 1.54) is 12.3 Å². The molecule has 1 aromatic carbocycles. The van der Waals surface area contributed by atoms with Crippen LogP contribution in [0.5, 0.6) is 0 Å². The van der Waals surface area contributed by atoms with Crippen molar-refractivity contribution in [2.75, 3.05) is 43.5 Å². The topological polar surface area (TPSA) is 112 Å². The van der Waals surface area contributed by atoms with Gasteiger partial charge in [-0.25, -0.2) is 19.3 Å². The summed E-state index contributed by atoms with van der Waals surface area (Å²) in [6.07, 6.45) is -3.11. The number of aliphatic hydroxyl groups excluding tert-OH is 1. The first-order valence-corrected chi connectivity index (χ1v) is 13.0. The van der Waals surface area contributed by atoms with E-state index in [0.717, 1.165) is 19.4 Å². The van der Waals surface area contributed by atoms with Gasteiger partial charge < -0.3 is 29.8 Å². The third-order valence-electron chi connectivity index (χ3n) is 7.10. The number of nitrogens with zero attached hydrogens (tertiary/aromatic N) is 5. The van der Waals surface area contributed by atoms with Crippen LogP contribution in [0.3, 0.4) is 0 Å². The van der Waals surface area contributed by atoms with E-state index in [0.29, 0.717) is 23.6 Å². The van der Waals surface area contributed by atoms with E-state index in [1.54, 1.807) is 15.5 Å². The van der Waals surface area contributed by atoms with E-state index in [9.17, 15) is 13.2 Å². The summed E-state index contributed by atoms with van der Waals surface area (Å²) >= 11 is 6.19. The Balaban J connectivity index is 0.000000384. The lowest BCUT2D eigenvalue weighted by molar-refractivity contribution is -0.328. The van der Waals surface area contributed by atoms with Gasteiger partial charge >= 0.3 is 6.18 Å². The minimum Gasteiger partial charge on any atom is -0.391 e. The monoisotopic (exact) mass is 572 g/mol. The number of nitrogens with two attached hydrogens (primary N) is 1. The fourth-order valence-electron chi connectivity index (χ4n) is 5.27. The van der Waals surface area contributed by atoms with Gasteiger partial charge in [-0.3, -0.25) is 0 Å². The van der Waals surface area contributed by atoms with Crippen molar-refractivity contribution in [2.45, 2.75) is 51.1 Å². The molecule has 9 nitrogen and oxygen atoms in total. The largest absolute Gasteiger partial charge is 0.415 e. The molecule has 14 heteroatoms. The molecule has 2 aromatic heterocycles. The molecule has 6 rings (SSSR count). The van der Waals surface area contributed by atoms with Gasteiger partial charge in [0.1, 0.15) is 5.52 Å². The first kappa shape index (κ1) is 27.8. The van der Waals surface area contributed by atoms with Crippen LogP contribution in [0.1, 0.15) is 32.7 Å². The van der Waals surface area contributed by atoms with Crippen molar-refractivity contribution in [1.82, 2.24) is 19.5 Å². The van der Waals surface area contributed by atoms with E-state index in [-0.39, 0.29) is 54.0 Å². The molecule has 0 radical (unpaired) electrons. The highest BCUT2D eigenvalue weighted by Crippen LogP contribution is 2.51. The Hall–Kier alpha value is -2.74. The van der Waals surface area contributed by atoms with Crippen LogP contribution >= 0.6 is 11.6 Å². The van der Waals surface area contributed by atoms with Crippen molar-refractivity contribution in [3.63, 3.8) is 0 Å². The number of fused-ring (bicyclic) bond motifs is 1. The molecule has 3 aromatic rings. The molecular formula is C25H29ClF4N6O3. The number of aromatic nitrogens is 4. The highest BCUT2D eigenvalue weighted by Gasteiger charge is 2.66. The Bertz CT molecular complexity index is 1360. The molecule has 0 bridgehead atoms. The van der Waals surface area contributed by atoms with Crippen molar-refractivity contribution in [1.29, 1.82) is 0 Å². The number of halogens is 5. The molecule has 3 aliphatic heterocycles. The highest BCUT2D eigenvalue weighted by atomic mass is 35.5. The highest BCUT2D eigenvalue weighted by molar-refractivity contribution is 6.33. The predicted molar refractivity (Wildman–Crippen MR) is 137 cm³/mol. The zero-order valence-corrected chi connectivity index (χ0v) is 22.1. The van der Waals surface area contributed by atoms with E-state index >= 15 is 4.39 Å². The fourth-order valence-corrected chi connectivity index (χ4v) is 5.47. The normalized spacial score (nSPS) is 22.4. The van der Waals surface area contributed by atoms with Crippen LogP contribution in [0.25, 0.3) is 22.3 Å². The zero-order valence-electron chi connectivity index (χ0n) is 21.4. The average molecular weight is 573 g/mol. The van der Waals surface area contributed by atoms with E-state index in [2.05, 4.69) is 15.0 Å². The Morgan fingerprint density at radius 3 is 2.51 bits per heavy atom. The van der Waals surface area contributed by atoms with Crippen LogP contribution in [0.15, 0.2) is 18.3 Å². The molecule has 5 heterocycles. The van der Waals surface area contributed by atoms with Crippen LogP contribution in [-0.2, 0) is 9.47 Å². The van der Waals surface area contributed by atoms with Crippen LogP contribution in [-0.4, -0.2) is 75.9 Å². The minimum absolute atomic E-state index is 0.00391. The maximum Gasteiger partial charge on any atom is 0.415 e. The summed E-state index contributed by atoms with van der Waals surface area (Å²) in [4.78, 5) is 14.1. The van der Waals surface area contributed by atoms with Gasteiger partial charge in [0.2, 0.25) is 11.9 Å². The third kappa shape index (κ3) is 5.24. The summed E-state index contributed by atoms with van der Waals surface area (Å²) < 4.78 is 66.2. The van der Waals surface area contributed by atoms with E-state index in [4.69, 9.17) is 31.9 Å². The SMILES string of the molecule is CC(C)n1c(N2CC3(COC3C(F)(F)F)C2)nc2c(F)cc(-c3nc(N)ncc3Cl)cc21.OC1CCCOC1. The minimum atomic E-state index is -4.41. The molecule has 2 unspecified atom stereocenters. The Morgan fingerprint density at radius 2 is 1.97 bits per heavy atom. The lowest BCUT2D eigenvalue weighted by Crippen LogP contribution is -2.74. The summed E-state index contributed by atoms with van der Waals surface area (Å²) in [5.41, 5.74) is 5.96. The van der Waals surface area contributed by atoms with Crippen LogP contribution in [0, 0.1) is 11.2 Å². The van der Waals surface area contributed by atoms with Crippen LogP contribution in [0.4, 0.5) is 29.5 Å². The third-order valence-corrected chi connectivity index (χ3v) is 7.38. The molecular weight excluding hydrogens is 544 g/mol. The first-order valence-electron chi connectivity index (χ1n) is 12.6. The summed E-state index contributed by atoms with van der Waals surface area (Å²) in [7, 11) is 0.